The molecule has 0 aromatic heterocycles. The molecule has 2 aliphatic heterocycles. The van der Waals surface area contributed by atoms with E-state index in [1.54, 1.807) is 12.1 Å². The number of carboxylic acid groups (broad SMARTS) is 1. The van der Waals surface area contributed by atoms with Gasteiger partial charge in [-0.3, -0.25) is 14.5 Å². The van der Waals surface area contributed by atoms with Crippen molar-refractivity contribution in [2.75, 3.05) is 19.6 Å². The van der Waals surface area contributed by atoms with Crippen LogP contribution in [0.3, 0.4) is 0 Å². The summed E-state index contributed by atoms with van der Waals surface area (Å²) in [7, 11) is 0. The van der Waals surface area contributed by atoms with E-state index in [1.165, 1.54) is 0 Å². The van der Waals surface area contributed by atoms with Gasteiger partial charge < -0.3 is 20.4 Å². The molecule has 3 aliphatic rings. The maximum Gasteiger partial charge on any atom is 0.335 e. The smallest absolute Gasteiger partial charge is 0.335 e. The van der Waals surface area contributed by atoms with Crippen molar-refractivity contribution in [1.82, 2.24) is 15.1 Å². The van der Waals surface area contributed by atoms with Crippen LogP contribution in [0.2, 0.25) is 0 Å². The minimum absolute atomic E-state index is 0.0351. The number of hydrogen-bond donors (Lipinski definition) is 3. The van der Waals surface area contributed by atoms with Crippen molar-refractivity contribution in [2.45, 2.75) is 94.9 Å². The number of piperidine rings is 1. The summed E-state index contributed by atoms with van der Waals surface area (Å²) in [6, 6.07) is 14.5. The Labute approximate surface area is 242 Å². The minimum atomic E-state index is -0.938. The van der Waals surface area contributed by atoms with E-state index in [-0.39, 0.29) is 17.4 Å². The monoisotopic (exact) mass is 561 g/mol. The molecule has 2 amide bonds. The van der Waals surface area contributed by atoms with E-state index < -0.39 is 23.2 Å². The Morgan fingerprint density at radius 3 is 2.34 bits per heavy atom. The van der Waals surface area contributed by atoms with Crippen LogP contribution in [0.1, 0.15) is 87.1 Å². The van der Waals surface area contributed by atoms with Gasteiger partial charge in [0.25, 0.3) is 0 Å². The van der Waals surface area contributed by atoms with Gasteiger partial charge in [-0.05, 0) is 67.0 Å². The third kappa shape index (κ3) is 6.33. The molecule has 2 saturated heterocycles. The summed E-state index contributed by atoms with van der Waals surface area (Å²) in [4.78, 5) is 43.0. The number of rotatable bonds is 9. The van der Waals surface area contributed by atoms with Crippen LogP contribution >= 0.6 is 0 Å². The van der Waals surface area contributed by atoms with Crippen LogP contribution in [0.25, 0.3) is 11.1 Å². The Morgan fingerprint density at radius 2 is 1.68 bits per heavy atom. The van der Waals surface area contributed by atoms with E-state index in [1.807, 2.05) is 29.2 Å². The van der Waals surface area contributed by atoms with Gasteiger partial charge in [-0.2, -0.15) is 0 Å². The number of carboxylic acids is 1. The lowest BCUT2D eigenvalue weighted by Crippen LogP contribution is -2.73. The first-order chi connectivity index (χ1) is 19.7. The normalized spacial score (nSPS) is 22.5. The number of nitrogens with zero attached hydrogens (tertiary/aromatic N) is 2. The maximum atomic E-state index is 13.8. The molecular formula is C33H43N3O5. The molecule has 41 heavy (non-hydrogen) atoms. The van der Waals surface area contributed by atoms with Gasteiger partial charge in [0.15, 0.2) is 0 Å². The van der Waals surface area contributed by atoms with Crippen LogP contribution in [0.5, 0.6) is 0 Å². The molecule has 8 nitrogen and oxygen atoms in total. The molecule has 1 saturated carbocycles. The van der Waals surface area contributed by atoms with Gasteiger partial charge in [-0.15, -0.1) is 0 Å². The van der Waals surface area contributed by atoms with E-state index in [0.717, 1.165) is 55.3 Å². The Morgan fingerprint density at radius 1 is 0.976 bits per heavy atom. The van der Waals surface area contributed by atoms with Gasteiger partial charge in [0.05, 0.1) is 11.2 Å². The predicted molar refractivity (Wildman–Crippen MR) is 157 cm³/mol. The van der Waals surface area contributed by atoms with Gasteiger partial charge in [0.1, 0.15) is 11.6 Å². The van der Waals surface area contributed by atoms with Crippen LogP contribution in [0, 0.1) is 0 Å². The molecule has 1 spiro atoms. The molecule has 3 fully saturated rings. The first-order valence-electron chi connectivity index (χ1n) is 15.2. The van der Waals surface area contributed by atoms with Crippen molar-refractivity contribution >= 4 is 17.8 Å². The molecule has 5 rings (SSSR count). The molecule has 0 unspecified atom stereocenters. The number of aliphatic hydroxyl groups is 1. The quantitative estimate of drug-likeness (QED) is 0.413. The standard InChI is InChI=1S/C33H43N3O5/c1-2-3-18-36-29(37)28(22-32(41)14-5-4-6-15-32)34-31(40)33(36)16-19-35(20-17-33)23-24-8-7-9-27(21-24)25-10-12-26(13-11-25)30(38)39/h7-13,21,28,41H,2-6,14-20,22-23H2,1H3,(H,34,40)(H,38,39)/t28-/m1/s1. The summed E-state index contributed by atoms with van der Waals surface area (Å²) in [5.74, 6) is -1.04. The number of amides is 2. The molecule has 220 valence electrons. The largest absolute Gasteiger partial charge is 0.478 e. The van der Waals surface area contributed by atoms with Gasteiger partial charge in [0.2, 0.25) is 11.8 Å². The molecule has 1 atom stereocenters. The van der Waals surface area contributed by atoms with Crippen LogP contribution in [0.15, 0.2) is 48.5 Å². The second-order valence-corrected chi connectivity index (χ2v) is 12.2. The van der Waals surface area contributed by atoms with Crippen LogP contribution < -0.4 is 5.32 Å². The van der Waals surface area contributed by atoms with Gasteiger partial charge >= 0.3 is 5.97 Å². The molecule has 2 heterocycles. The van der Waals surface area contributed by atoms with E-state index in [2.05, 4.69) is 29.3 Å². The van der Waals surface area contributed by atoms with Gasteiger partial charge in [0, 0.05) is 32.6 Å². The van der Waals surface area contributed by atoms with Gasteiger partial charge in [-0.1, -0.05) is 62.9 Å². The Bertz CT molecular complexity index is 1250. The lowest BCUT2D eigenvalue weighted by atomic mass is 9.77. The zero-order valence-electron chi connectivity index (χ0n) is 24.1. The van der Waals surface area contributed by atoms with Crippen molar-refractivity contribution in [3.63, 3.8) is 0 Å². The first-order valence-corrected chi connectivity index (χ1v) is 15.2. The van der Waals surface area contributed by atoms with Crippen molar-refractivity contribution in [3.05, 3.63) is 59.7 Å². The summed E-state index contributed by atoms with van der Waals surface area (Å²) in [5, 5.41) is 23.4. The lowest BCUT2D eigenvalue weighted by Gasteiger charge is -2.52. The third-order valence-corrected chi connectivity index (χ3v) is 9.39. The molecule has 2 aromatic carbocycles. The third-order valence-electron chi connectivity index (χ3n) is 9.39. The average Bonchev–Trinajstić information content (AvgIpc) is 2.97. The summed E-state index contributed by atoms with van der Waals surface area (Å²) < 4.78 is 0. The zero-order valence-corrected chi connectivity index (χ0v) is 24.1. The Balaban J connectivity index is 1.26. The summed E-state index contributed by atoms with van der Waals surface area (Å²) in [6.45, 7) is 4.81. The highest BCUT2D eigenvalue weighted by Gasteiger charge is 2.54. The van der Waals surface area contributed by atoms with Crippen LogP contribution in [0.4, 0.5) is 0 Å². The Hall–Kier alpha value is -3.23. The molecule has 3 N–H and O–H groups in total. The number of nitrogens with one attached hydrogen (secondary N) is 1. The number of piperazine rings is 1. The van der Waals surface area contributed by atoms with Crippen molar-refractivity contribution in [1.29, 1.82) is 0 Å². The molecular weight excluding hydrogens is 518 g/mol. The number of carbonyl (C=O) groups excluding carboxylic acids is 2. The van der Waals surface area contributed by atoms with E-state index >= 15 is 0 Å². The van der Waals surface area contributed by atoms with Crippen molar-refractivity contribution < 1.29 is 24.6 Å². The van der Waals surface area contributed by atoms with Gasteiger partial charge in [-0.25, -0.2) is 4.79 Å². The van der Waals surface area contributed by atoms with E-state index in [4.69, 9.17) is 0 Å². The number of carbonyl (C=O) groups is 3. The van der Waals surface area contributed by atoms with Crippen molar-refractivity contribution in [3.8, 4) is 11.1 Å². The fourth-order valence-corrected chi connectivity index (χ4v) is 6.94. The summed E-state index contributed by atoms with van der Waals surface area (Å²) in [5.41, 5.74) is 1.70. The highest BCUT2D eigenvalue weighted by molar-refractivity contribution is 6.00. The predicted octanol–water partition coefficient (Wildman–Crippen LogP) is 4.60. The fourth-order valence-electron chi connectivity index (χ4n) is 6.94. The highest BCUT2D eigenvalue weighted by atomic mass is 16.4. The summed E-state index contributed by atoms with van der Waals surface area (Å²) >= 11 is 0. The van der Waals surface area contributed by atoms with E-state index in [0.29, 0.717) is 51.7 Å². The number of aromatic carboxylic acids is 1. The SMILES string of the molecule is CCCCN1C(=O)[C@@H](CC2(O)CCCCC2)NC(=O)C12CCN(Cc1cccc(-c3ccc(C(=O)O)cc3)c1)CC2. The number of likely N-dealkylation sites (tertiary alicyclic amines) is 1. The van der Waals surface area contributed by atoms with Crippen LogP contribution in [-0.2, 0) is 16.1 Å². The fraction of sp³-hybridized carbons (Fsp3) is 0.545. The summed E-state index contributed by atoms with van der Waals surface area (Å²) in [6.07, 6.45) is 7.68. The van der Waals surface area contributed by atoms with Crippen LogP contribution in [-0.4, -0.2) is 74.6 Å². The first kappa shape index (κ1) is 29.3. The maximum absolute atomic E-state index is 13.8. The Kier molecular flexibility index (Phi) is 8.80. The zero-order chi connectivity index (χ0) is 29.0. The molecule has 1 aliphatic carbocycles. The molecule has 2 aromatic rings. The highest BCUT2D eigenvalue weighted by Crippen LogP contribution is 2.37. The number of benzene rings is 2. The minimum Gasteiger partial charge on any atom is -0.478 e. The topological polar surface area (TPSA) is 110 Å². The second kappa shape index (κ2) is 12.3. The average molecular weight is 562 g/mol. The van der Waals surface area contributed by atoms with Crippen molar-refractivity contribution in [2.24, 2.45) is 0 Å². The van der Waals surface area contributed by atoms with E-state index in [9.17, 15) is 24.6 Å². The number of hydrogen-bond acceptors (Lipinski definition) is 5. The molecule has 0 bridgehead atoms. The lowest BCUT2D eigenvalue weighted by molar-refractivity contribution is -0.163. The molecule has 8 heteroatoms. The molecule has 0 radical (unpaired) electrons. The second-order valence-electron chi connectivity index (χ2n) is 12.2. The number of unbranched alkanes of at least 4 members (excludes halogenated alkanes) is 1.